The molecule has 1 unspecified atom stereocenters. The third-order valence-electron chi connectivity index (χ3n) is 4.36. The smallest absolute Gasteiger partial charge is 0.0491 e. The lowest BCUT2D eigenvalue weighted by Crippen LogP contribution is -2.34. The molecule has 0 aliphatic carbocycles. The highest BCUT2D eigenvalue weighted by atomic mass is 15.2. The number of fused-ring (bicyclic) bond motifs is 1. The molecular formula is C17H23N3. The third-order valence-corrected chi connectivity index (χ3v) is 4.36. The van der Waals surface area contributed by atoms with Crippen LogP contribution in [-0.2, 0) is 0 Å². The van der Waals surface area contributed by atoms with Gasteiger partial charge in [-0.25, -0.2) is 0 Å². The maximum Gasteiger partial charge on any atom is 0.0491 e. The van der Waals surface area contributed by atoms with Crippen LogP contribution in [0.25, 0.3) is 10.8 Å². The van der Waals surface area contributed by atoms with Gasteiger partial charge in [0.25, 0.3) is 0 Å². The summed E-state index contributed by atoms with van der Waals surface area (Å²) in [6, 6.07) is 8.78. The molecule has 0 bridgehead atoms. The van der Waals surface area contributed by atoms with Crippen molar-refractivity contribution in [2.24, 2.45) is 5.73 Å². The predicted octanol–water partition coefficient (Wildman–Crippen LogP) is 3.11. The van der Waals surface area contributed by atoms with Crippen LogP contribution in [0.5, 0.6) is 0 Å². The molecule has 1 atom stereocenters. The number of hydrogen-bond donors (Lipinski definition) is 1. The van der Waals surface area contributed by atoms with Gasteiger partial charge < -0.3 is 5.73 Å². The van der Waals surface area contributed by atoms with Crippen molar-refractivity contribution < 1.29 is 0 Å². The Labute approximate surface area is 120 Å². The summed E-state index contributed by atoms with van der Waals surface area (Å²) in [4.78, 5) is 6.97. The van der Waals surface area contributed by atoms with E-state index < -0.39 is 0 Å². The number of pyridine rings is 1. The van der Waals surface area contributed by atoms with Gasteiger partial charge in [0.15, 0.2) is 0 Å². The van der Waals surface area contributed by atoms with Crippen LogP contribution in [0.1, 0.15) is 37.3 Å². The Bertz CT molecular complexity index is 554. The van der Waals surface area contributed by atoms with E-state index in [9.17, 15) is 0 Å². The summed E-state index contributed by atoms with van der Waals surface area (Å²) < 4.78 is 0. The average Bonchev–Trinajstić information content (AvgIpc) is 2.78. The van der Waals surface area contributed by atoms with Crippen molar-refractivity contribution in [3.63, 3.8) is 0 Å². The van der Waals surface area contributed by atoms with Crippen molar-refractivity contribution >= 4 is 10.8 Å². The molecule has 2 aromatic rings. The van der Waals surface area contributed by atoms with Gasteiger partial charge in [0, 0.05) is 30.4 Å². The number of nitrogens with two attached hydrogens (primary N) is 1. The molecule has 3 rings (SSSR count). The molecule has 2 N–H and O–H groups in total. The number of rotatable bonds is 3. The summed E-state index contributed by atoms with van der Waals surface area (Å²) in [5, 5.41) is 2.50. The fourth-order valence-electron chi connectivity index (χ4n) is 3.28. The molecule has 1 aromatic heterocycles. The summed E-state index contributed by atoms with van der Waals surface area (Å²) >= 11 is 0. The molecular weight excluding hydrogens is 246 g/mol. The van der Waals surface area contributed by atoms with Crippen molar-refractivity contribution in [2.75, 3.05) is 19.6 Å². The number of nitrogens with zero attached hydrogens (tertiary/aromatic N) is 2. The van der Waals surface area contributed by atoms with Gasteiger partial charge in [0.2, 0.25) is 0 Å². The van der Waals surface area contributed by atoms with Crippen LogP contribution < -0.4 is 5.73 Å². The number of likely N-dealkylation sites (tertiary alicyclic amines) is 1. The van der Waals surface area contributed by atoms with E-state index in [1.165, 1.54) is 42.0 Å². The van der Waals surface area contributed by atoms with Crippen LogP contribution in [0, 0.1) is 0 Å². The Kier molecular flexibility index (Phi) is 4.28. The Balaban J connectivity index is 1.98. The lowest BCUT2D eigenvalue weighted by molar-refractivity contribution is 0.210. The van der Waals surface area contributed by atoms with Gasteiger partial charge in [-0.3, -0.25) is 9.88 Å². The summed E-state index contributed by atoms with van der Waals surface area (Å²) in [5.41, 5.74) is 7.39. The highest BCUT2D eigenvalue weighted by molar-refractivity contribution is 5.85. The summed E-state index contributed by atoms with van der Waals surface area (Å²) in [7, 11) is 0. The first-order chi connectivity index (χ1) is 9.90. The first kappa shape index (κ1) is 13.5. The lowest BCUT2D eigenvalue weighted by Gasteiger charge is -2.30. The van der Waals surface area contributed by atoms with Crippen molar-refractivity contribution in [2.45, 2.75) is 31.7 Å². The van der Waals surface area contributed by atoms with Crippen LogP contribution in [0.2, 0.25) is 0 Å². The summed E-state index contributed by atoms with van der Waals surface area (Å²) in [6.07, 6.45) is 9.21. The molecule has 106 valence electrons. The Morgan fingerprint density at radius 1 is 1.05 bits per heavy atom. The van der Waals surface area contributed by atoms with E-state index in [2.05, 4.69) is 34.1 Å². The van der Waals surface area contributed by atoms with Crippen molar-refractivity contribution in [1.82, 2.24) is 9.88 Å². The van der Waals surface area contributed by atoms with Crippen LogP contribution in [0.4, 0.5) is 0 Å². The van der Waals surface area contributed by atoms with Crippen LogP contribution in [-0.4, -0.2) is 29.5 Å². The first-order valence-electron chi connectivity index (χ1n) is 7.67. The minimum atomic E-state index is 0.298. The molecule has 3 heteroatoms. The van der Waals surface area contributed by atoms with Gasteiger partial charge in [-0.05, 0) is 36.9 Å². The zero-order valence-corrected chi connectivity index (χ0v) is 12.0. The molecule has 3 nitrogen and oxygen atoms in total. The Hall–Kier alpha value is -1.45. The molecule has 0 amide bonds. The van der Waals surface area contributed by atoms with Crippen LogP contribution >= 0.6 is 0 Å². The van der Waals surface area contributed by atoms with E-state index in [1.54, 1.807) is 0 Å². The van der Waals surface area contributed by atoms with Gasteiger partial charge in [-0.1, -0.05) is 37.1 Å². The third kappa shape index (κ3) is 2.69. The van der Waals surface area contributed by atoms with Crippen molar-refractivity contribution in [1.29, 1.82) is 0 Å². The van der Waals surface area contributed by atoms with Gasteiger partial charge in [0.1, 0.15) is 0 Å². The lowest BCUT2D eigenvalue weighted by atomic mass is 10.00. The van der Waals surface area contributed by atoms with Crippen LogP contribution in [0.15, 0.2) is 36.7 Å². The van der Waals surface area contributed by atoms with Crippen molar-refractivity contribution in [3.05, 3.63) is 42.2 Å². The molecule has 1 aromatic carbocycles. The van der Waals surface area contributed by atoms with E-state index in [4.69, 9.17) is 5.73 Å². The van der Waals surface area contributed by atoms with E-state index in [0.29, 0.717) is 12.6 Å². The SMILES string of the molecule is NCC(c1cncc2ccccc12)N1CCCCCC1. The van der Waals surface area contributed by atoms with E-state index in [0.717, 1.165) is 13.1 Å². The van der Waals surface area contributed by atoms with Crippen LogP contribution in [0.3, 0.4) is 0 Å². The van der Waals surface area contributed by atoms with Gasteiger partial charge >= 0.3 is 0 Å². The maximum atomic E-state index is 6.11. The molecule has 0 saturated carbocycles. The minimum absolute atomic E-state index is 0.298. The highest BCUT2D eigenvalue weighted by Crippen LogP contribution is 2.28. The zero-order chi connectivity index (χ0) is 13.8. The second-order valence-corrected chi connectivity index (χ2v) is 5.65. The van der Waals surface area contributed by atoms with Gasteiger partial charge in [-0.15, -0.1) is 0 Å². The molecule has 2 heterocycles. The second kappa shape index (κ2) is 6.33. The second-order valence-electron chi connectivity index (χ2n) is 5.65. The number of aromatic nitrogens is 1. The molecule has 1 aliphatic rings. The first-order valence-corrected chi connectivity index (χ1v) is 7.67. The summed E-state index contributed by atoms with van der Waals surface area (Å²) in [5.74, 6) is 0. The monoisotopic (exact) mass is 269 g/mol. The molecule has 20 heavy (non-hydrogen) atoms. The highest BCUT2D eigenvalue weighted by Gasteiger charge is 2.21. The Morgan fingerprint density at radius 3 is 2.55 bits per heavy atom. The summed E-state index contributed by atoms with van der Waals surface area (Å²) in [6.45, 7) is 2.98. The van der Waals surface area contributed by atoms with Crippen molar-refractivity contribution in [3.8, 4) is 0 Å². The topological polar surface area (TPSA) is 42.1 Å². The standard InChI is InChI=1S/C17H23N3/c18-11-17(20-9-5-1-2-6-10-20)16-13-19-12-14-7-3-4-8-15(14)16/h3-4,7-8,12-13,17H,1-2,5-6,9-11,18H2. The van der Waals surface area contributed by atoms with E-state index >= 15 is 0 Å². The molecule has 1 fully saturated rings. The fraction of sp³-hybridized carbons (Fsp3) is 0.471. The quantitative estimate of drug-likeness (QED) is 0.931. The molecule has 1 aliphatic heterocycles. The molecule has 1 saturated heterocycles. The Morgan fingerprint density at radius 2 is 1.80 bits per heavy atom. The van der Waals surface area contributed by atoms with E-state index in [1.807, 2.05) is 12.4 Å². The minimum Gasteiger partial charge on any atom is -0.329 e. The number of benzene rings is 1. The predicted molar refractivity (Wildman–Crippen MR) is 83.6 cm³/mol. The van der Waals surface area contributed by atoms with Gasteiger partial charge in [-0.2, -0.15) is 0 Å². The average molecular weight is 269 g/mol. The molecule has 0 radical (unpaired) electrons. The zero-order valence-electron chi connectivity index (χ0n) is 12.0. The normalized spacial score (nSPS) is 18.9. The van der Waals surface area contributed by atoms with E-state index in [-0.39, 0.29) is 0 Å². The maximum absolute atomic E-state index is 6.11. The fourth-order valence-corrected chi connectivity index (χ4v) is 3.28. The largest absolute Gasteiger partial charge is 0.329 e. The molecule has 0 spiro atoms. The van der Waals surface area contributed by atoms with Gasteiger partial charge in [0.05, 0.1) is 0 Å². The number of hydrogen-bond acceptors (Lipinski definition) is 3.